The standard InChI is InChI=1S/C26H39N3O4S/c1-26(2,3)33-25(31)29-16-13-22(32-20-9-11-21(34-4)12-10-20)23(29)24(30)28-15-6-14-27(17-18-28)19-7-5-8-19/h9-12,19,22-23H,5-8,13-18H2,1-4H3. The fourth-order valence-electron chi connectivity index (χ4n) is 5.00. The van der Waals surface area contributed by atoms with Crippen molar-refractivity contribution in [1.29, 1.82) is 0 Å². The molecule has 2 saturated heterocycles. The van der Waals surface area contributed by atoms with Gasteiger partial charge in [0.1, 0.15) is 17.5 Å². The fraction of sp³-hybridized carbons (Fsp3) is 0.692. The molecule has 0 N–H and O–H groups in total. The molecule has 2 aliphatic heterocycles. The highest BCUT2D eigenvalue weighted by Gasteiger charge is 2.47. The van der Waals surface area contributed by atoms with E-state index in [1.807, 2.05) is 56.2 Å². The molecule has 0 aromatic heterocycles. The van der Waals surface area contributed by atoms with Crippen LogP contribution in [0.1, 0.15) is 52.9 Å². The molecule has 0 radical (unpaired) electrons. The number of likely N-dealkylation sites (tertiary alicyclic amines) is 1. The van der Waals surface area contributed by atoms with Crippen molar-refractivity contribution in [1.82, 2.24) is 14.7 Å². The molecule has 1 aromatic carbocycles. The quantitative estimate of drug-likeness (QED) is 0.576. The van der Waals surface area contributed by atoms with Gasteiger partial charge in [-0.15, -0.1) is 11.8 Å². The second-order valence-corrected chi connectivity index (χ2v) is 11.4. The Bertz CT molecular complexity index is 853. The number of rotatable bonds is 5. The highest BCUT2D eigenvalue weighted by atomic mass is 32.2. The van der Waals surface area contributed by atoms with Gasteiger partial charge in [0.25, 0.3) is 0 Å². The zero-order chi connectivity index (χ0) is 24.3. The van der Waals surface area contributed by atoms with Crippen LogP contribution < -0.4 is 4.74 Å². The largest absolute Gasteiger partial charge is 0.488 e. The molecule has 4 rings (SSSR count). The first-order valence-corrected chi connectivity index (χ1v) is 13.8. The van der Waals surface area contributed by atoms with E-state index in [2.05, 4.69) is 4.90 Å². The highest BCUT2D eigenvalue weighted by molar-refractivity contribution is 7.98. The number of nitrogens with zero attached hydrogens (tertiary/aromatic N) is 3. The maximum atomic E-state index is 13.9. The summed E-state index contributed by atoms with van der Waals surface area (Å²) in [6.07, 6.45) is 6.61. The lowest BCUT2D eigenvalue weighted by Gasteiger charge is -2.37. The van der Waals surface area contributed by atoms with Crippen LogP contribution in [0.25, 0.3) is 0 Å². The highest BCUT2D eigenvalue weighted by Crippen LogP contribution is 2.30. The van der Waals surface area contributed by atoms with Gasteiger partial charge in [-0.2, -0.15) is 0 Å². The van der Waals surface area contributed by atoms with Gasteiger partial charge in [-0.05, 0) is 70.6 Å². The topological polar surface area (TPSA) is 62.3 Å². The van der Waals surface area contributed by atoms with E-state index in [9.17, 15) is 9.59 Å². The first-order valence-electron chi connectivity index (χ1n) is 12.6. The van der Waals surface area contributed by atoms with Crippen LogP contribution in [0.4, 0.5) is 4.79 Å². The molecule has 7 nitrogen and oxygen atoms in total. The molecule has 1 aliphatic carbocycles. The molecule has 8 heteroatoms. The van der Waals surface area contributed by atoms with Crippen LogP contribution in [-0.4, -0.2) is 89.5 Å². The molecule has 34 heavy (non-hydrogen) atoms. The van der Waals surface area contributed by atoms with Gasteiger partial charge in [-0.25, -0.2) is 4.79 Å². The van der Waals surface area contributed by atoms with Crippen molar-refractivity contribution < 1.29 is 19.1 Å². The van der Waals surface area contributed by atoms with Crippen molar-refractivity contribution in [2.45, 2.75) is 81.6 Å². The van der Waals surface area contributed by atoms with E-state index in [0.29, 0.717) is 25.6 Å². The van der Waals surface area contributed by atoms with Crippen molar-refractivity contribution in [2.75, 3.05) is 39.0 Å². The van der Waals surface area contributed by atoms with E-state index in [-0.39, 0.29) is 5.91 Å². The SMILES string of the molecule is CSc1ccc(OC2CCN(C(=O)OC(C)(C)C)C2C(=O)N2CCCN(C3CCC3)CC2)cc1. The zero-order valence-electron chi connectivity index (χ0n) is 21.0. The minimum atomic E-state index is -0.676. The third-order valence-corrected chi connectivity index (χ3v) is 7.75. The molecule has 0 spiro atoms. The summed E-state index contributed by atoms with van der Waals surface area (Å²) in [5, 5.41) is 0. The lowest BCUT2D eigenvalue weighted by Crippen LogP contribution is -2.54. The first kappa shape index (κ1) is 25.2. The predicted octanol–water partition coefficient (Wildman–Crippen LogP) is 4.25. The van der Waals surface area contributed by atoms with E-state index >= 15 is 0 Å². The predicted molar refractivity (Wildman–Crippen MR) is 134 cm³/mol. The van der Waals surface area contributed by atoms with E-state index in [1.54, 1.807) is 16.7 Å². The summed E-state index contributed by atoms with van der Waals surface area (Å²) in [7, 11) is 0. The number of ether oxygens (including phenoxy) is 2. The van der Waals surface area contributed by atoms with Crippen LogP contribution in [0.2, 0.25) is 0 Å². The molecule has 188 valence electrons. The Balaban J connectivity index is 1.50. The number of carbonyl (C=O) groups is 2. The lowest BCUT2D eigenvalue weighted by atomic mass is 9.91. The maximum Gasteiger partial charge on any atom is 0.411 e. The average molecular weight is 490 g/mol. The molecule has 1 saturated carbocycles. The number of hydrogen-bond acceptors (Lipinski definition) is 6. The summed E-state index contributed by atoms with van der Waals surface area (Å²) in [6, 6.07) is 7.91. The number of benzene rings is 1. The smallest absolute Gasteiger partial charge is 0.411 e. The molecular formula is C26H39N3O4S. The Morgan fingerprint density at radius 3 is 2.29 bits per heavy atom. The van der Waals surface area contributed by atoms with Crippen LogP contribution in [-0.2, 0) is 9.53 Å². The van der Waals surface area contributed by atoms with E-state index in [1.165, 1.54) is 19.3 Å². The Hall–Kier alpha value is -1.93. The van der Waals surface area contributed by atoms with Crippen molar-refractivity contribution in [2.24, 2.45) is 0 Å². The van der Waals surface area contributed by atoms with Crippen molar-refractivity contribution >= 4 is 23.8 Å². The van der Waals surface area contributed by atoms with E-state index < -0.39 is 23.8 Å². The van der Waals surface area contributed by atoms with Gasteiger partial charge in [0.05, 0.1) is 0 Å². The lowest BCUT2D eigenvalue weighted by molar-refractivity contribution is -0.138. The molecule has 3 fully saturated rings. The number of amides is 2. The van der Waals surface area contributed by atoms with Gasteiger partial charge in [0.15, 0.2) is 6.04 Å². The van der Waals surface area contributed by atoms with Gasteiger partial charge in [-0.3, -0.25) is 14.6 Å². The summed E-state index contributed by atoms with van der Waals surface area (Å²) in [5.41, 5.74) is -0.622. The monoisotopic (exact) mass is 489 g/mol. The normalized spacial score (nSPS) is 24.5. The zero-order valence-corrected chi connectivity index (χ0v) is 21.8. The third kappa shape index (κ3) is 6.00. The minimum absolute atomic E-state index is 0.0236. The Morgan fingerprint density at radius 2 is 1.68 bits per heavy atom. The third-order valence-electron chi connectivity index (χ3n) is 7.00. The van der Waals surface area contributed by atoms with Gasteiger partial charge < -0.3 is 14.4 Å². The fourth-order valence-corrected chi connectivity index (χ4v) is 5.40. The summed E-state index contributed by atoms with van der Waals surface area (Å²) < 4.78 is 12.0. The van der Waals surface area contributed by atoms with Crippen LogP contribution in [0.5, 0.6) is 5.75 Å². The summed E-state index contributed by atoms with van der Waals surface area (Å²) in [4.78, 5) is 34.2. The van der Waals surface area contributed by atoms with Crippen molar-refractivity contribution in [3.63, 3.8) is 0 Å². The molecule has 1 aromatic rings. The second kappa shape index (κ2) is 10.8. The summed E-state index contributed by atoms with van der Waals surface area (Å²) >= 11 is 1.67. The molecular weight excluding hydrogens is 450 g/mol. The Labute approximate surface area is 208 Å². The number of hydrogen-bond donors (Lipinski definition) is 0. The van der Waals surface area contributed by atoms with Gasteiger partial charge in [0, 0.05) is 50.1 Å². The van der Waals surface area contributed by atoms with Crippen molar-refractivity contribution in [3.05, 3.63) is 24.3 Å². The summed E-state index contributed by atoms with van der Waals surface area (Å²) in [6.45, 7) is 9.35. The van der Waals surface area contributed by atoms with Gasteiger partial charge >= 0.3 is 6.09 Å². The van der Waals surface area contributed by atoms with Crippen LogP contribution in [0, 0.1) is 0 Å². The molecule has 2 atom stereocenters. The molecule has 2 heterocycles. The Morgan fingerprint density at radius 1 is 0.941 bits per heavy atom. The second-order valence-electron chi connectivity index (χ2n) is 10.5. The first-order chi connectivity index (χ1) is 16.2. The van der Waals surface area contributed by atoms with E-state index in [0.717, 1.165) is 36.7 Å². The molecule has 2 amide bonds. The number of carbonyl (C=O) groups excluding carboxylic acids is 2. The summed E-state index contributed by atoms with van der Waals surface area (Å²) in [5.74, 6) is 0.697. The van der Waals surface area contributed by atoms with Crippen LogP contribution >= 0.6 is 11.8 Å². The molecule has 3 aliphatic rings. The minimum Gasteiger partial charge on any atom is -0.488 e. The van der Waals surface area contributed by atoms with Crippen molar-refractivity contribution in [3.8, 4) is 5.75 Å². The maximum absolute atomic E-state index is 13.9. The number of thioether (sulfide) groups is 1. The van der Waals surface area contributed by atoms with Gasteiger partial charge in [0.2, 0.25) is 5.91 Å². The van der Waals surface area contributed by atoms with E-state index in [4.69, 9.17) is 9.47 Å². The Kier molecular flexibility index (Phi) is 7.97. The molecule has 2 unspecified atom stereocenters. The average Bonchev–Trinajstić information content (AvgIpc) is 3.02. The molecule has 0 bridgehead atoms. The van der Waals surface area contributed by atoms with Crippen LogP contribution in [0.15, 0.2) is 29.2 Å². The van der Waals surface area contributed by atoms with Crippen LogP contribution in [0.3, 0.4) is 0 Å². The van der Waals surface area contributed by atoms with Gasteiger partial charge in [-0.1, -0.05) is 6.42 Å².